The van der Waals surface area contributed by atoms with Gasteiger partial charge in [0.2, 0.25) is 0 Å². The summed E-state index contributed by atoms with van der Waals surface area (Å²) in [6, 6.07) is 22.7. The molecule has 0 saturated carbocycles. The Balaban J connectivity index is 0.000000541. The highest BCUT2D eigenvalue weighted by atomic mass is 79.9. The largest absolute Gasteiger partial charge is 0.508 e. The summed E-state index contributed by atoms with van der Waals surface area (Å²) in [5.41, 5.74) is 2.25. The van der Waals surface area contributed by atoms with E-state index >= 15 is 0 Å². The van der Waals surface area contributed by atoms with E-state index in [0.717, 1.165) is 76.7 Å². The van der Waals surface area contributed by atoms with Crippen LogP contribution in [0.1, 0.15) is 173 Å². The van der Waals surface area contributed by atoms with Gasteiger partial charge in [0.1, 0.15) is 45.4 Å². The quantitative estimate of drug-likeness (QED) is 0.0624. The summed E-state index contributed by atoms with van der Waals surface area (Å²) in [6.45, 7) is 38.3. The van der Waals surface area contributed by atoms with Crippen molar-refractivity contribution in [2.24, 2.45) is 23.7 Å². The van der Waals surface area contributed by atoms with Crippen molar-refractivity contribution >= 4 is 87.6 Å². The number of phenolic OH excluding ortho intramolecular Hbond substituents is 1. The Morgan fingerprint density at radius 1 is 0.383 bits per heavy atom. The van der Waals surface area contributed by atoms with Crippen LogP contribution in [0.4, 0.5) is 0 Å². The lowest BCUT2D eigenvalue weighted by atomic mass is 10.0. The maximum Gasteiger partial charge on any atom is 0.309 e. The summed E-state index contributed by atoms with van der Waals surface area (Å²) in [4.78, 5) is 48.0. The van der Waals surface area contributed by atoms with E-state index < -0.39 is 22.4 Å². The van der Waals surface area contributed by atoms with Gasteiger partial charge in [0, 0.05) is 17.9 Å². The van der Waals surface area contributed by atoms with E-state index in [1.807, 2.05) is 165 Å². The van der Waals surface area contributed by atoms with Gasteiger partial charge in [-0.25, -0.2) is 0 Å². The number of hydrogen-bond donors (Lipinski definition) is 1. The van der Waals surface area contributed by atoms with E-state index in [9.17, 15) is 24.3 Å². The van der Waals surface area contributed by atoms with Crippen LogP contribution in [-0.2, 0) is 63.8 Å². The predicted octanol–water partition coefficient (Wildman–Crippen LogP) is 17.9. The fourth-order valence-corrected chi connectivity index (χ4v) is 8.67. The zero-order chi connectivity index (χ0) is 62.1. The van der Waals surface area contributed by atoms with Crippen molar-refractivity contribution in [1.82, 2.24) is 0 Å². The molecule has 0 spiro atoms. The first kappa shape index (κ1) is 74.9. The lowest BCUT2D eigenvalue weighted by molar-refractivity contribution is -0.160. The summed E-state index contributed by atoms with van der Waals surface area (Å²) in [6.07, 6.45) is 5.32. The number of halogens is 4. The van der Waals surface area contributed by atoms with Crippen molar-refractivity contribution in [2.75, 3.05) is 19.8 Å². The Bertz CT molecular complexity index is 2360. The van der Waals surface area contributed by atoms with Crippen molar-refractivity contribution in [3.8, 4) is 23.0 Å². The molecule has 81 heavy (non-hydrogen) atoms. The molecule has 454 valence electrons. The smallest absolute Gasteiger partial charge is 0.309 e. The molecule has 0 bridgehead atoms. The first-order chi connectivity index (χ1) is 37.4. The average molecular weight is 1390 g/mol. The fraction of sp³-hybridized carbons (Fsp3) is 0.569. The van der Waals surface area contributed by atoms with Crippen molar-refractivity contribution in [1.29, 1.82) is 0 Å². The zero-order valence-electron chi connectivity index (χ0n) is 51.8. The molecule has 4 aromatic rings. The molecule has 4 rings (SSSR count). The molecule has 0 fully saturated rings. The van der Waals surface area contributed by atoms with Crippen molar-refractivity contribution in [3.63, 3.8) is 0 Å². The summed E-state index contributed by atoms with van der Waals surface area (Å²) < 4.78 is 42.3. The zero-order valence-corrected chi connectivity index (χ0v) is 58.1. The van der Waals surface area contributed by atoms with Gasteiger partial charge in [-0.3, -0.25) is 19.2 Å². The first-order valence-corrected chi connectivity index (χ1v) is 31.2. The van der Waals surface area contributed by atoms with Gasteiger partial charge in [-0.1, -0.05) is 112 Å². The minimum Gasteiger partial charge on any atom is -0.508 e. The van der Waals surface area contributed by atoms with Crippen LogP contribution in [0.3, 0.4) is 0 Å². The SMILES string of the molecule is CC(Cc1cc(O)ccc1Br)C(=O)OC(C)(C)C.CCCOc1ccc(Br)c(CC(C)C(=O)OC(C)(C)C)c1.CCCOc1ccc(Br)c(CC(C)C(=O)OC(C)(C)C)c1.CCCOc1ccc(Br)c(CC(C)C(=O)OC(C)(C)C)c1. The van der Waals surface area contributed by atoms with Crippen LogP contribution >= 0.6 is 63.7 Å². The number of carbonyl (C=O) groups is 4. The molecule has 16 heteroatoms. The lowest BCUT2D eigenvalue weighted by Crippen LogP contribution is -2.28. The maximum atomic E-state index is 12.1. The average Bonchev–Trinajstić information content (AvgIpc) is 3.37. The fourth-order valence-electron chi connectivity index (χ4n) is 7.03. The second-order valence-corrected chi connectivity index (χ2v) is 27.6. The number of rotatable bonds is 21. The van der Waals surface area contributed by atoms with Crippen LogP contribution in [0.5, 0.6) is 23.0 Å². The van der Waals surface area contributed by atoms with Crippen LogP contribution in [-0.4, -0.2) is 71.2 Å². The number of carbonyl (C=O) groups excluding carboxylic acids is 4. The Kier molecular flexibility index (Phi) is 33.2. The second-order valence-electron chi connectivity index (χ2n) is 24.1. The molecule has 4 aromatic carbocycles. The molecular formula is C65H94Br4O12. The monoisotopic (exact) mass is 1380 g/mol. The van der Waals surface area contributed by atoms with Gasteiger partial charge in [0.15, 0.2) is 0 Å². The molecular weight excluding hydrogens is 1290 g/mol. The van der Waals surface area contributed by atoms with Gasteiger partial charge in [-0.05, 0) is 223 Å². The Morgan fingerprint density at radius 3 is 0.802 bits per heavy atom. The number of benzene rings is 4. The number of phenols is 1. The molecule has 0 radical (unpaired) electrons. The second kappa shape index (κ2) is 35.9. The third-order valence-electron chi connectivity index (χ3n) is 10.8. The van der Waals surface area contributed by atoms with Crippen molar-refractivity contribution < 1.29 is 57.4 Å². The van der Waals surface area contributed by atoms with Gasteiger partial charge in [0.25, 0.3) is 0 Å². The van der Waals surface area contributed by atoms with E-state index in [4.69, 9.17) is 33.2 Å². The number of ether oxygens (including phenoxy) is 7. The minimum absolute atomic E-state index is 0.172. The van der Waals surface area contributed by atoms with E-state index in [1.54, 1.807) is 18.2 Å². The molecule has 4 unspecified atom stereocenters. The maximum absolute atomic E-state index is 12.1. The normalized spacial score (nSPS) is 12.9. The van der Waals surface area contributed by atoms with Crippen LogP contribution in [0.2, 0.25) is 0 Å². The van der Waals surface area contributed by atoms with Gasteiger partial charge >= 0.3 is 23.9 Å². The lowest BCUT2D eigenvalue weighted by Gasteiger charge is -2.22. The Morgan fingerprint density at radius 2 is 0.593 bits per heavy atom. The van der Waals surface area contributed by atoms with Crippen LogP contribution in [0.15, 0.2) is 90.7 Å². The van der Waals surface area contributed by atoms with E-state index in [2.05, 4.69) is 84.5 Å². The first-order valence-electron chi connectivity index (χ1n) is 28.0. The highest BCUT2D eigenvalue weighted by Crippen LogP contribution is 2.30. The topological polar surface area (TPSA) is 153 Å². The summed E-state index contributed by atoms with van der Waals surface area (Å²) in [5, 5.41) is 9.44. The standard InChI is InChI=1S/3C17H25BrO3.C14H19BrO3/c3*1-6-9-20-14-7-8-15(18)13(11-14)10-12(2)16(19)21-17(3,4)5;1-9(13(17)18-14(2,3)4)7-10-8-11(16)5-6-12(10)15/h3*7-8,11-12H,6,9-10H2,1-5H3;5-6,8-9,16H,7H2,1-4H3. The highest BCUT2D eigenvalue weighted by Gasteiger charge is 2.26. The molecule has 0 amide bonds. The van der Waals surface area contributed by atoms with Gasteiger partial charge in [-0.15, -0.1) is 0 Å². The number of esters is 4. The van der Waals surface area contributed by atoms with Crippen molar-refractivity contribution in [2.45, 2.75) is 199 Å². The number of aromatic hydroxyl groups is 1. The highest BCUT2D eigenvalue weighted by molar-refractivity contribution is 9.11. The molecule has 0 aliphatic rings. The minimum atomic E-state index is -0.471. The molecule has 0 aromatic heterocycles. The van der Waals surface area contributed by atoms with Crippen molar-refractivity contribution in [3.05, 3.63) is 113 Å². The van der Waals surface area contributed by atoms with Crippen LogP contribution < -0.4 is 14.2 Å². The molecule has 0 heterocycles. The van der Waals surface area contributed by atoms with E-state index in [1.165, 1.54) is 0 Å². The molecule has 1 N–H and O–H groups in total. The molecule has 4 atom stereocenters. The summed E-state index contributed by atoms with van der Waals surface area (Å²) in [7, 11) is 0. The van der Waals surface area contributed by atoms with Crippen LogP contribution in [0.25, 0.3) is 0 Å². The third kappa shape index (κ3) is 33.1. The third-order valence-corrected chi connectivity index (χ3v) is 13.9. The Hall–Kier alpha value is -4.12. The van der Waals surface area contributed by atoms with Gasteiger partial charge in [-0.2, -0.15) is 0 Å². The molecule has 0 saturated heterocycles. The molecule has 0 aliphatic heterocycles. The van der Waals surface area contributed by atoms with E-state index in [0.29, 0.717) is 45.5 Å². The summed E-state index contributed by atoms with van der Waals surface area (Å²) in [5.74, 6) is 1.15. The molecule has 0 aliphatic carbocycles. The summed E-state index contributed by atoms with van der Waals surface area (Å²) >= 11 is 14.0. The van der Waals surface area contributed by atoms with E-state index in [-0.39, 0.29) is 53.3 Å². The van der Waals surface area contributed by atoms with Gasteiger partial charge < -0.3 is 38.3 Å². The predicted molar refractivity (Wildman–Crippen MR) is 340 cm³/mol. The van der Waals surface area contributed by atoms with Gasteiger partial charge in [0.05, 0.1) is 43.5 Å². The molecule has 12 nitrogen and oxygen atoms in total. The number of hydrogen-bond acceptors (Lipinski definition) is 12. The Labute approximate surface area is 519 Å². The van der Waals surface area contributed by atoms with Crippen LogP contribution in [0, 0.1) is 23.7 Å².